The van der Waals surface area contributed by atoms with E-state index in [0.717, 1.165) is 10.8 Å². The average molecular weight is 332 g/mol. The number of piperazine rings is 1. The topological polar surface area (TPSA) is 87.2 Å². The van der Waals surface area contributed by atoms with E-state index < -0.39 is 23.2 Å². The van der Waals surface area contributed by atoms with Crippen molar-refractivity contribution in [1.29, 1.82) is 0 Å². The molecule has 8 heteroatoms. The minimum atomic E-state index is -0.653. The Bertz CT molecular complexity index is 889. The molecule has 1 fully saturated rings. The molecule has 0 saturated carbocycles. The van der Waals surface area contributed by atoms with Crippen molar-refractivity contribution in [1.82, 2.24) is 19.8 Å². The third-order valence-electron chi connectivity index (χ3n) is 4.15. The zero-order chi connectivity index (χ0) is 17.3. The summed E-state index contributed by atoms with van der Waals surface area (Å²) in [5, 5.41) is 3.17. The Labute approximate surface area is 136 Å². The van der Waals surface area contributed by atoms with Gasteiger partial charge in [-0.15, -0.1) is 0 Å². The van der Waals surface area contributed by atoms with Crippen LogP contribution in [0.5, 0.6) is 0 Å². The smallest absolute Gasteiger partial charge is 0.328 e. The summed E-state index contributed by atoms with van der Waals surface area (Å²) in [5.74, 6) is -0.868. The maximum Gasteiger partial charge on any atom is 0.328 e. The molecule has 1 atom stereocenters. The summed E-state index contributed by atoms with van der Waals surface area (Å²) in [7, 11) is 1.31. The van der Waals surface area contributed by atoms with E-state index in [1.54, 1.807) is 12.1 Å². The summed E-state index contributed by atoms with van der Waals surface area (Å²) in [6.45, 7) is 1.41. The lowest BCUT2D eigenvalue weighted by Crippen LogP contribution is -2.50. The van der Waals surface area contributed by atoms with E-state index in [1.165, 1.54) is 24.1 Å². The normalized spacial score (nSPS) is 17.8. The largest absolute Gasteiger partial charge is 0.329 e. The zero-order valence-electron chi connectivity index (χ0n) is 13.1. The molecule has 1 aliphatic heterocycles. The molecule has 126 valence electrons. The quantitative estimate of drug-likeness (QED) is 0.810. The van der Waals surface area contributed by atoms with Gasteiger partial charge in [0.25, 0.3) is 11.5 Å². The fourth-order valence-electron chi connectivity index (χ4n) is 2.83. The first-order valence-electron chi connectivity index (χ1n) is 7.55. The number of aromatic nitrogens is 2. The van der Waals surface area contributed by atoms with Crippen LogP contribution in [0.4, 0.5) is 4.39 Å². The van der Waals surface area contributed by atoms with Gasteiger partial charge in [-0.3, -0.25) is 14.2 Å². The second-order valence-electron chi connectivity index (χ2n) is 5.65. The number of amides is 1. The van der Waals surface area contributed by atoms with Crippen molar-refractivity contribution < 1.29 is 9.18 Å². The third-order valence-corrected chi connectivity index (χ3v) is 4.15. The van der Waals surface area contributed by atoms with Crippen molar-refractivity contribution in [2.24, 2.45) is 7.05 Å². The second kappa shape index (κ2) is 6.40. The van der Waals surface area contributed by atoms with Crippen LogP contribution in [0.3, 0.4) is 0 Å². The van der Waals surface area contributed by atoms with Crippen LogP contribution in [0.1, 0.15) is 22.0 Å². The van der Waals surface area contributed by atoms with Crippen molar-refractivity contribution >= 4 is 5.91 Å². The lowest BCUT2D eigenvalue weighted by Gasteiger charge is -2.36. The van der Waals surface area contributed by atoms with Crippen LogP contribution in [-0.2, 0) is 7.05 Å². The predicted octanol–water partition coefficient (Wildman–Crippen LogP) is -0.000600. The van der Waals surface area contributed by atoms with Crippen molar-refractivity contribution in [3.8, 4) is 0 Å². The maximum absolute atomic E-state index is 13.5. The Kier molecular flexibility index (Phi) is 4.30. The number of carbonyl (C=O) groups is 1. The van der Waals surface area contributed by atoms with Gasteiger partial charge >= 0.3 is 5.69 Å². The number of H-pyrrole nitrogens is 1. The first kappa shape index (κ1) is 16.1. The molecule has 2 heterocycles. The summed E-state index contributed by atoms with van der Waals surface area (Å²) < 4.78 is 14.4. The fourth-order valence-corrected chi connectivity index (χ4v) is 2.83. The highest BCUT2D eigenvalue weighted by molar-refractivity contribution is 5.94. The SMILES string of the molecule is Cn1c(=O)[nH]cc(C(=O)N2CCNCC2c2cccc(F)c2)c1=O. The second-order valence-corrected chi connectivity index (χ2v) is 5.65. The van der Waals surface area contributed by atoms with Crippen LogP contribution >= 0.6 is 0 Å². The highest BCUT2D eigenvalue weighted by Gasteiger charge is 2.30. The summed E-state index contributed by atoms with van der Waals surface area (Å²) in [6.07, 6.45) is 1.14. The molecule has 0 bridgehead atoms. The van der Waals surface area contributed by atoms with E-state index in [2.05, 4.69) is 10.3 Å². The van der Waals surface area contributed by atoms with Gasteiger partial charge in [0.2, 0.25) is 0 Å². The van der Waals surface area contributed by atoms with Crippen LogP contribution < -0.4 is 16.6 Å². The van der Waals surface area contributed by atoms with Gasteiger partial charge in [0.1, 0.15) is 11.4 Å². The number of carbonyl (C=O) groups excluding carboxylic acids is 1. The Hall–Kier alpha value is -2.74. The predicted molar refractivity (Wildman–Crippen MR) is 85.4 cm³/mol. The van der Waals surface area contributed by atoms with E-state index in [9.17, 15) is 18.8 Å². The van der Waals surface area contributed by atoms with Gasteiger partial charge in [0, 0.05) is 32.9 Å². The number of nitrogens with zero attached hydrogens (tertiary/aromatic N) is 2. The van der Waals surface area contributed by atoms with Crippen molar-refractivity contribution in [3.63, 3.8) is 0 Å². The van der Waals surface area contributed by atoms with Crippen molar-refractivity contribution in [2.75, 3.05) is 19.6 Å². The monoisotopic (exact) mass is 332 g/mol. The van der Waals surface area contributed by atoms with Gasteiger partial charge in [-0.1, -0.05) is 12.1 Å². The molecule has 1 saturated heterocycles. The van der Waals surface area contributed by atoms with Crippen LogP contribution in [0.2, 0.25) is 0 Å². The first-order chi connectivity index (χ1) is 11.5. The van der Waals surface area contributed by atoms with Crippen LogP contribution in [0.25, 0.3) is 0 Å². The van der Waals surface area contributed by atoms with Gasteiger partial charge in [-0.25, -0.2) is 9.18 Å². The molecule has 2 N–H and O–H groups in total. The Morgan fingerprint density at radius 3 is 2.88 bits per heavy atom. The van der Waals surface area contributed by atoms with Crippen molar-refractivity contribution in [2.45, 2.75) is 6.04 Å². The molecule has 1 aromatic carbocycles. The van der Waals surface area contributed by atoms with Gasteiger partial charge in [0.15, 0.2) is 0 Å². The minimum absolute atomic E-state index is 0.111. The Balaban J connectivity index is 1.99. The molecule has 1 unspecified atom stereocenters. The molecule has 1 aromatic heterocycles. The molecule has 1 amide bonds. The zero-order valence-corrected chi connectivity index (χ0v) is 13.1. The molecule has 0 spiro atoms. The molecular formula is C16H17FN4O3. The first-order valence-corrected chi connectivity index (χ1v) is 7.55. The standard InChI is InChI=1S/C16H17FN4O3/c1-20-14(22)12(8-19-16(20)24)15(23)21-6-5-18-9-13(21)10-3-2-4-11(17)7-10/h2-4,7-8,13,18H,5-6,9H2,1H3,(H,19,24). The van der Waals surface area contributed by atoms with Crippen LogP contribution in [-0.4, -0.2) is 40.0 Å². The summed E-state index contributed by atoms with van der Waals surface area (Å²) in [4.78, 5) is 40.4. The molecule has 7 nitrogen and oxygen atoms in total. The lowest BCUT2D eigenvalue weighted by molar-refractivity contribution is 0.0630. The number of halogens is 1. The molecule has 2 aromatic rings. The summed E-state index contributed by atoms with van der Waals surface area (Å²) >= 11 is 0. The molecule has 1 aliphatic rings. The molecule has 24 heavy (non-hydrogen) atoms. The van der Waals surface area contributed by atoms with E-state index in [1.807, 2.05) is 0 Å². The molecule has 0 aliphatic carbocycles. The lowest BCUT2D eigenvalue weighted by atomic mass is 10.0. The van der Waals surface area contributed by atoms with Crippen LogP contribution in [0, 0.1) is 5.82 Å². The Morgan fingerprint density at radius 1 is 1.33 bits per heavy atom. The van der Waals surface area contributed by atoms with E-state index in [0.29, 0.717) is 25.2 Å². The van der Waals surface area contributed by atoms with Gasteiger partial charge in [-0.2, -0.15) is 0 Å². The number of rotatable bonds is 2. The third kappa shape index (κ3) is 2.88. The van der Waals surface area contributed by atoms with Gasteiger partial charge in [0.05, 0.1) is 6.04 Å². The number of hydrogen-bond donors (Lipinski definition) is 2. The van der Waals surface area contributed by atoms with E-state index in [4.69, 9.17) is 0 Å². The minimum Gasteiger partial charge on any atom is -0.329 e. The number of aromatic amines is 1. The fraction of sp³-hybridized carbons (Fsp3) is 0.312. The van der Waals surface area contributed by atoms with Gasteiger partial charge < -0.3 is 15.2 Å². The molecule has 3 rings (SSSR count). The Morgan fingerprint density at radius 2 is 2.12 bits per heavy atom. The van der Waals surface area contributed by atoms with E-state index >= 15 is 0 Å². The number of benzene rings is 1. The maximum atomic E-state index is 13.5. The van der Waals surface area contributed by atoms with Gasteiger partial charge in [-0.05, 0) is 17.7 Å². The summed E-state index contributed by atoms with van der Waals surface area (Å²) in [5.41, 5.74) is -0.698. The highest BCUT2D eigenvalue weighted by atomic mass is 19.1. The highest BCUT2D eigenvalue weighted by Crippen LogP contribution is 2.24. The van der Waals surface area contributed by atoms with Crippen molar-refractivity contribution in [3.05, 3.63) is 68.2 Å². The summed E-state index contributed by atoms with van der Waals surface area (Å²) in [6, 6.07) is 5.65. The number of hydrogen-bond acceptors (Lipinski definition) is 4. The number of nitrogens with one attached hydrogen (secondary N) is 2. The molecular weight excluding hydrogens is 315 g/mol. The van der Waals surface area contributed by atoms with E-state index in [-0.39, 0.29) is 11.4 Å². The van der Waals surface area contributed by atoms with Crippen LogP contribution in [0.15, 0.2) is 40.1 Å². The molecule has 0 radical (unpaired) electrons. The average Bonchev–Trinajstić information content (AvgIpc) is 2.59.